The summed E-state index contributed by atoms with van der Waals surface area (Å²) in [6, 6.07) is 17.4. The number of aryl methyl sites for hydroxylation is 1. The maximum Gasteiger partial charge on any atom is 0.348 e. The maximum atomic E-state index is 12.1. The molecular formula is C20H19NO3S. The van der Waals surface area contributed by atoms with E-state index in [1.807, 2.05) is 62.4 Å². The topological polar surface area (TPSA) is 55.4 Å². The summed E-state index contributed by atoms with van der Waals surface area (Å²) in [5.41, 5.74) is 1.03. The van der Waals surface area contributed by atoms with Gasteiger partial charge in [-0.1, -0.05) is 42.5 Å². The van der Waals surface area contributed by atoms with E-state index in [1.54, 1.807) is 6.07 Å². The lowest BCUT2D eigenvalue weighted by Gasteiger charge is -2.16. The molecule has 0 bridgehead atoms. The van der Waals surface area contributed by atoms with Crippen molar-refractivity contribution in [3.05, 3.63) is 69.9 Å². The van der Waals surface area contributed by atoms with Crippen LogP contribution < -0.4 is 5.32 Å². The smallest absolute Gasteiger partial charge is 0.348 e. The molecule has 1 heterocycles. The van der Waals surface area contributed by atoms with Crippen LogP contribution in [0, 0.1) is 6.92 Å². The Balaban J connectivity index is 1.61. The van der Waals surface area contributed by atoms with Crippen LogP contribution in [-0.2, 0) is 9.53 Å². The van der Waals surface area contributed by atoms with Crippen molar-refractivity contribution in [2.24, 2.45) is 0 Å². The third kappa shape index (κ3) is 4.06. The molecule has 1 atom stereocenters. The van der Waals surface area contributed by atoms with Gasteiger partial charge in [-0.15, -0.1) is 11.3 Å². The molecule has 1 N–H and O–H groups in total. The van der Waals surface area contributed by atoms with E-state index in [1.165, 1.54) is 11.3 Å². The van der Waals surface area contributed by atoms with Gasteiger partial charge in [0.05, 0.1) is 6.04 Å². The van der Waals surface area contributed by atoms with Gasteiger partial charge in [0.2, 0.25) is 0 Å². The fourth-order valence-electron chi connectivity index (χ4n) is 2.74. The second-order valence-corrected chi connectivity index (χ2v) is 7.13. The summed E-state index contributed by atoms with van der Waals surface area (Å²) in [6.07, 6.45) is 0. The Labute approximate surface area is 150 Å². The molecule has 0 aliphatic carbocycles. The van der Waals surface area contributed by atoms with Crippen molar-refractivity contribution in [3.63, 3.8) is 0 Å². The summed E-state index contributed by atoms with van der Waals surface area (Å²) in [4.78, 5) is 25.6. The van der Waals surface area contributed by atoms with E-state index in [-0.39, 0.29) is 18.6 Å². The molecule has 0 aliphatic rings. The number of fused-ring (bicyclic) bond motifs is 1. The first-order chi connectivity index (χ1) is 12.0. The number of hydrogen-bond acceptors (Lipinski definition) is 4. The largest absolute Gasteiger partial charge is 0.451 e. The Hall–Kier alpha value is -2.66. The lowest BCUT2D eigenvalue weighted by atomic mass is 10.00. The van der Waals surface area contributed by atoms with Gasteiger partial charge in [-0.3, -0.25) is 4.79 Å². The van der Waals surface area contributed by atoms with E-state index in [0.717, 1.165) is 21.2 Å². The summed E-state index contributed by atoms with van der Waals surface area (Å²) < 4.78 is 5.09. The molecule has 0 unspecified atom stereocenters. The standard InChI is InChI=1S/C20H19NO3S/c1-13-10-11-18(25-13)20(23)24-12-19(22)21-14(2)16-9-5-7-15-6-3-4-8-17(15)16/h3-11,14H,12H2,1-2H3,(H,21,22)/t14-/m1/s1. The first-order valence-electron chi connectivity index (χ1n) is 8.05. The number of carbonyl (C=O) groups is 2. The summed E-state index contributed by atoms with van der Waals surface area (Å²) >= 11 is 1.35. The van der Waals surface area contributed by atoms with E-state index in [0.29, 0.717) is 4.88 Å². The second kappa shape index (κ2) is 7.49. The van der Waals surface area contributed by atoms with Crippen LogP contribution in [0.1, 0.15) is 33.1 Å². The molecule has 0 fully saturated rings. The normalized spacial score (nSPS) is 11.9. The van der Waals surface area contributed by atoms with Gasteiger partial charge in [0.1, 0.15) is 4.88 Å². The number of ether oxygens (including phenoxy) is 1. The minimum Gasteiger partial charge on any atom is -0.451 e. The zero-order valence-electron chi connectivity index (χ0n) is 14.1. The highest BCUT2D eigenvalue weighted by Crippen LogP contribution is 2.24. The quantitative estimate of drug-likeness (QED) is 0.698. The molecule has 25 heavy (non-hydrogen) atoms. The van der Waals surface area contributed by atoms with Crippen molar-refractivity contribution in [2.45, 2.75) is 19.9 Å². The van der Waals surface area contributed by atoms with Crippen LogP contribution in [0.15, 0.2) is 54.6 Å². The Bertz CT molecular complexity index is 911. The SMILES string of the molecule is Cc1ccc(C(=O)OCC(=O)N[C@H](C)c2cccc3ccccc23)s1. The number of thiophene rings is 1. The lowest BCUT2D eigenvalue weighted by Crippen LogP contribution is -2.31. The van der Waals surface area contributed by atoms with Crippen molar-refractivity contribution < 1.29 is 14.3 Å². The van der Waals surface area contributed by atoms with Gasteiger partial charge in [-0.2, -0.15) is 0 Å². The molecule has 1 amide bonds. The van der Waals surface area contributed by atoms with Crippen molar-refractivity contribution in [1.29, 1.82) is 0 Å². The molecule has 3 rings (SSSR count). The minimum absolute atomic E-state index is 0.179. The van der Waals surface area contributed by atoms with Crippen LogP contribution >= 0.6 is 11.3 Å². The molecular weight excluding hydrogens is 334 g/mol. The van der Waals surface area contributed by atoms with Gasteiger partial charge < -0.3 is 10.1 Å². The van der Waals surface area contributed by atoms with Crippen LogP contribution in [0.2, 0.25) is 0 Å². The summed E-state index contributed by atoms with van der Waals surface area (Å²) in [5, 5.41) is 5.11. The van der Waals surface area contributed by atoms with Crippen LogP contribution in [0.3, 0.4) is 0 Å². The van der Waals surface area contributed by atoms with Gasteiger partial charge in [-0.05, 0) is 42.3 Å². The number of amides is 1. The van der Waals surface area contributed by atoms with Crippen LogP contribution in [0.5, 0.6) is 0 Å². The lowest BCUT2D eigenvalue weighted by molar-refractivity contribution is -0.124. The molecule has 3 aromatic rings. The van der Waals surface area contributed by atoms with Gasteiger partial charge in [0.15, 0.2) is 6.61 Å². The highest BCUT2D eigenvalue weighted by atomic mass is 32.1. The van der Waals surface area contributed by atoms with Crippen LogP contribution in [-0.4, -0.2) is 18.5 Å². The highest BCUT2D eigenvalue weighted by molar-refractivity contribution is 7.13. The predicted octanol–water partition coefficient (Wildman–Crippen LogP) is 4.24. The van der Waals surface area contributed by atoms with Crippen LogP contribution in [0.25, 0.3) is 10.8 Å². The van der Waals surface area contributed by atoms with E-state index >= 15 is 0 Å². The number of carbonyl (C=O) groups excluding carboxylic acids is 2. The molecule has 1 aromatic heterocycles. The zero-order chi connectivity index (χ0) is 17.8. The summed E-state index contributed by atoms with van der Waals surface area (Å²) in [5.74, 6) is -0.784. The van der Waals surface area contributed by atoms with Crippen molar-refractivity contribution in [2.75, 3.05) is 6.61 Å². The Morgan fingerprint density at radius 2 is 1.84 bits per heavy atom. The number of benzene rings is 2. The fraction of sp³-hybridized carbons (Fsp3) is 0.200. The van der Waals surface area contributed by atoms with Gasteiger partial charge in [-0.25, -0.2) is 4.79 Å². The monoisotopic (exact) mass is 353 g/mol. The Kier molecular flexibility index (Phi) is 5.14. The van der Waals surface area contributed by atoms with E-state index in [9.17, 15) is 9.59 Å². The molecule has 4 nitrogen and oxygen atoms in total. The number of rotatable bonds is 5. The third-order valence-electron chi connectivity index (χ3n) is 3.94. The molecule has 0 saturated carbocycles. The number of hydrogen-bond donors (Lipinski definition) is 1. The van der Waals surface area contributed by atoms with Gasteiger partial charge in [0, 0.05) is 4.88 Å². The second-order valence-electron chi connectivity index (χ2n) is 5.84. The molecule has 0 radical (unpaired) electrons. The van der Waals surface area contributed by atoms with Crippen LogP contribution in [0.4, 0.5) is 0 Å². The zero-order valence-corrected chi connectivity index (χ0v) is 14.9. The van der Waals surface area contributed by atoms with Crippen molar-refractivity contribution in [1.82, 2.24) is 5.32 Å². The summed E-state index contributed by atoms with van der Waals surface area (Å²) in [7, 11) is 0. The van der Waals surface area contributed by atoms with Crippen molar-refractivity contribution >= 4 is 34.0 Å². The molecule has 2 aromatic carbocycles. The predicted molar refractivity (Wildman–Crippen MR) is 99.8 cm³/mol. The van der Waals surface area contributed by atoms with Gasteiger partial charge in [0.25, 0.3) is 5.91 Å². The highest BCUT2D eigenvalue weighted by Gasteiger charge is 2.15. The third-order valence-corrected chi connectivity index (χ3v) is 4.92. The number of nitrogens with one attached hydrogen (secondary N) is 1. The Morgan fingerprint density at radius 3 is 2.60 bits per heavy atom. The first-order valence-corrected chi connectivity index (χ1v) is 8.87. The Morgan fingerprint density at radius 1 is 1.08 bits per heavy atom. The average molecular weight is 353 g/mol. The number of esters is 1. The van der Waals surface area contributed by atoms with Gasteiger partial charge >= 0.3 is 5.97 Å². The fourth-order valence-corrected chi connectivity index (χ4v) is 3.50. The van der Waals surface area contributed by atoms with E-state index in [4.69, 9.17) is 4.74 Å². The molecule has 0 aliphatic heterocycles. The average Bonchev–Trinajstić information content (AvgIpc) is 3.05. The first kappa shape index (κ1) is 17.2. The summed E-state index contributed by atoms with van der Waals surface area (Å²) in [6.45, 7) is 3.55. The molecule has 5 heteroatoms. The van der Waals surface area contributed by atoms with E-state index < -0.39 is 5.97 Å². The molecule has 0 saturated heterocycles. The van der Waals surface area contributed by atoms with E-state index in [2.05, 4.69) is 5.32 Å². The van der Waals surface area contributed by atoms with Crippen molar-refractivity contribution in [3.8, 4) is 0 Å². The minimum atomic E-state index is -0.467. The molecule has 128 valence electrons. The molecule has 0 spiro atoms. The maximum absolute atomic E-state index is 12.1.